The minimum absolute atomic E-state index is 0.0120. The molecule has 1 atom stereocenters. The number of nitrogens with zero attached hydrogens (tertiary/aromatic N) is 5. The average molecular weight is 312 g/mol. The smallest absolute Gasteiger partial charge is 0.163 e. The van der Waals surface area contributed by atoms with Gasteiger partial charge in [0.25, 0.3) is 0 Å². The molecule has 0 unspecified atom stereocenters. The number of aromatic nitrogens is 5. The maximum atomic E-state index is 5.91. The summed E-state index contributed by atoms with van der Waals surface area (Å²) in [7, 11) is 0. The van der Waals surface area contributed by atoms with E-state index in [4.69, 9.17) is 4.74 Å². The fraction of sp³-hybridized carbons (Fsp3) is 0.438. The molecule has 2 aromatic heterocycles. The number of benzene rings is 1. The zero-order valence-electron chi connectivity index (χ0n) is 13.1. The molecule has 7 heteroatoms. The summed E-state index contributed by atoms with van der Waals surface area (Å²) in [6, 6.07) is 6.44. The average Bonchev–Trinajstić information content (AvgIpc) is 3.23. The van der Waals surface area contributed by atoms with Crippen LogP contribution in [0.25, 0.3) is 10.9 Å². The first-order chi connectivity index (χ1) is 11.3. The van der Waals surface area contributed by atoms with Gasteiger partial charge in [-0.3, -0.25) is 10.00 Å². The third-order valence-electron chi connectivity index (χ3n) is 4.34. The zero-order valence-corrected chi connectivity index (χ0v) is 13.1. The number of fused-ring (bicyclic) bond motifs is 1. The van der Waals surface area contributed by atoms with Gasteiger partial charge in [-0.2, -0.15) is 5.10 Å². The molecule has 1 fully saturated rings. The molecule has 0 aliphatic carbocycles. The third kappa shape index (κ3) is 2.85. The van der Waals surface area contributed by atoms with E-state index in [0.717, 1.165) is 42.9 Å². The van der Waals surface area contributed by atoms with Crippen molar-refractivity contribution >= 4 is 10.9 Å². The summed E-state index contributed by atoms with van der Waals surface area (Å²) in [6.45, 7) is 6.33. The van der Waals surface area contributed by atoms with Gasteiger partial charge in [0.1, 0.15) is 12.4 Å². The van der Waals surface area contributed by atoms with Crippen molar-refractivity contribution in [2.24, 2.45) is 0 Å². The number of hydrogen-bond donors (Lipinski definition) is 1. The third-order valence-corrected chi connectivity index (χ3v) is 4.34. The summed E-state index contributed by atoms with van der Waals surface area (Å²) >= 11 is 0. The van der Waals surface area contributed by atoms with Crippen LogP contribution in [0.2, 0.25) is 0 Å². The van der Waals surface area contributed by atoms with Gasteiger partial charge < -0.3 is 9.30 Å². The lowest BCUT2D eigenvalue weighted by Crippen LogP contribution is -2.38. The van der Waals surface area contributed by atoms with Gasteiger partial charge in [0, 0.05) is 31.6 Å². The number of hydrogen-bond acceptors (Lipinski definition) is 5. The maximum absolute atomic E-state index is 5.91. The fourth-order valence-corrected chi connectivity index (χ4v) is 3.10. The van der Waals surface area contributed by atoms with Crippen LogP contribution in [0.1, 0.15) is 24.4 Å². The topological polar surface area (TPSA) is 71.9 Å². The normalized spacial score (nSPS) is 19.4. The monoisotopic (exact) mass is 312 g/mol. The highest BCUT2D eigenvalue weighted by atomic mass is 16.5. The molecule has 0 amide bonds. The van der Waals surface area contributed by atoms with E-state index in [9.17, 15) is 0 Å². The number of morpholine rings is 1. The molecule has 3 heterocycles. The van der Waals surface area contributed by atoms with E-state index in [2.05, 4.69) is 50.4 Å². The van der Waals surface area contributed by atoms with Crippen LogP contribution in [-0.2, 0) is 17.8 Å². The van der Waals surface area contributed by atoms with E-state index in [1.54, 1.807) is 6.33 Å². The van der Waals surface area contributed by atoms with E-state index in [-0.39, 0.29) is 6.10 Å². The van der Waals surface area contributed by atoms with Crippen molar-refractivity contribution in [3.8, 4) is 0 Å². The second-order valence-corrected chi connectivity index (χ2v) is 5.86. The lowest BCUT2D eigenvalue weighted by molar-refractivity contribution is -0.0388. The Morgan fingerprint density at radius 1 is 1.39 bits per heavy atom. The van der Waals surface area contributed by atoms with Crippen LogP contribution in [0, 0.1) is 0 Å². The molecule has 23 heavy (non-hydrogen) atoms. The van der Waals surface area contributed by atoms with Crippen LogP contribution in [0.15, 0.2) is 30.7 Å². The molecule has 7 nitrogen and oxygen atoms in total. The molecule has 1 aromatic carbocycles. The Morgan fingerprint density at radius 2 is 2.35 bits per heavy atom. The lowest BCUT2D eigenvalue weighted by atomic mass is 10.1. The minimum Gasteiger partial charge on any atom is -0.368 e. The summed E-state index contributed by atoms with van der Waals surface area (Å²) in [4.78, 5) is 2.40. The first kappa shape index (κ1) is 14.3. The number of rotatable bonds is 4. The molecule has 1 saturated heterocycles. The van der Waals surface area contributed by atoms with Gasteiger partial charge >= 0.3 is 0 Å². The molecule has 120 valence electrons. The second-order valence-electron chi connectivity index (χ2n) is 5.86. The summed E-state index contributed by atoms with van der Waals surface area (Å²) in [6.07, 6.45) is 3.60. The zero-order chi connectivity index (χ0) is 15.6. The van der Waals surface area contributed by atoms with Crippen molar-refractivity contribution in [1.29, 1.82) is 0 Å². The summed E-state index contributed by atoms with van der Waals surface area (Å²) < 4.78 is 7.96. The van der Waals surface area contributed by atoms with Crippen LogP contribution >= 0.6 is 0 Å². The van der Waals surface area contributed by atoms with Crippen LogP contribution < -0.4 is 0 Å². The van der Waals surface area contributed by atoms with Gasteiger partial charge in [-0.15, -0.1) is 10.2 Å². The number of aryl methyl sites for hydroxylation is 1. The SMILES string of the molecule is CCn1cnnc1[C@H]1CN(Cc2ccc3cn[nH]c3c2)CCO1. The number of nitrogens with one attached hydrogen (secondary N) is 1. The van der Waals surface area contributed by atoms with Crippen molar-refractivity contribution in [1.82, 2.24) is 29.9 Å². The molecule has 1 aliphatic rings. The predicted molar refractivity (Wildman–Crippen MR) is 85.8 cm³/mol. The summed E-state index contributed by atoms with van der Waals surface area (Å²) in [5.41, 5.74) is 2.36. The van der Waals surface area contributed by atoms with E-state index < -0.39 is 0 Å². The van der Waals surface area contributed by atoms with E-state index in [1.807, 2.05) is 10.8 Å². The molecule has 0 spiro atoms. The standard InChI is InChI=1S/C16H20N6O/c1-2-22-11-18-20-16(22)15-10-21(5-6-23-15)9-12-3-4-13-8-17-19-14(13)7-12/h3-4,7-8,11,15H,2,5-6,9-10H2,1H3,(H,17,19)/t15-/m1/s1. The first-order valence-electron chi connectivity index (χ1n) is 7.97. The molecule has 3 aromatic rings. The van der Waals surface area contributed by atoms with E-state index in [1.165, 1.54) is 5.56 Å². The molecule has 4 rings (SSSR count). The molecule has 1 N–H and O–H groups in total. The minimum atomic E-state index is -0.0120. The fourth-order valence-electron chi connectivity index (χ4n) is 3.10. The number of aromatic amines is 1. The highest BCUT2D eigenvalue weighted by Crippen LogP contribution is 2.22. The highest BCUT2D eigenvalue weighted by Gasteiger charge is 2.25. The molecular weight excluding hydrogens is 292 g/mol. The largest absolute Gasteiger partial charge is 0.368 e. The van der Waals surface area contributed by atoms with Gasteiger partial charge in [0.2, 0.25) is 0 Å². The number of H-pyrrole nitrogens is 1. The quantitative estimate of drug-likeness (QED) is 0.794. The molecule has 0 bridgehead atoms. The Labute approximate surface area is 134 Å². The van der Waals surface area contributed by atoms with Crippen LogP contribution in [0.3, 0.4) is 0 Å². The van der Waals surface area contributed by atoms with E-state index in [0.29, 0.717) is 6.61 Å². The van der Waals surface area contributed by atoms with Gasteiger partial charge in [0.05, 0.1) is 18.3 Å². The van der Waals surface area contributed by atoms with Crippen LogP contribution in [0.4, 0.5) is 0 Å². The van der Waals surface area contributed by atoms with Gasteiger partial charge in [0.15, 0.2) is 5.82 Å². The Bertz CT molecular complexity index is 795. The summed E-state index contributed by atoms with van der Waals surface area (Å²) in [5.74, 6) is 0.918. The van der Waals surface area contributed by atoms with Crippen molar-refractivity contribution in [3.05, 3.63) is 42.1 Å². The first-order valence-corrected chi connectivity index (χ1v) is 7.97. The van der Waals surface area contributed by atoms with Gasteiger partial charge in [-0.05, 0) is 18.6 Å². The lowest BCUT2D eigenvalue weighted by Gasteiger charge is -2.32. The molecular formula is C16H20N6O. The molecule has 1 aliphatic heterocycles. The maximum Gasteiger partial charge on any atom is 0.163 e. The van der Waals surface area contributed by atoms with Gasteiger partial charge in [-0.25, -0.2) is 0 Å². The van der Waals surface area contributed by atoms with Crippen LogP contribution in [-0.4, -0.2) is 49.6 Å². The van der Waals surface area contributed by atoms with Crippen molar-refractivity contribution in [2.45, 2.75) is 26.1 Å². The Hall–Kier alpha value is -2.25. The Morgan fingerprint density at radius 3 is 3.26 bits per heavy atom. The summed E-state index contributed by atoms with van der Waals surface area (Å²) in [5, 5.41) is 16.5. The second kappa shape index (κ2) is 6.10. The Balaban J connectivity index is 1.48. The predicted octanol–water partition coefficient (Wildman–Crippen LogP) is 1.75. The van der Waals surface area contributed by atoms with E-state index >= 15 is 0 Å². The van der Waals surface area contributed by atoms with Gasteiger partial charge in [-0.1, -0.05) is 12.1 Å². The molecule has 0 radical (unpaired) electrons. The number of ether oxygens (including phenoxy) is 1. The van der Waals surface area contributed by atoms with Crippen molar-refractivity contribution in [3.63, 3.8) is 0 Å². The van der Waals surface area contributed by atoms with Crippen LogP contribution in [0.5, 0.6) is 0 Å². The highest BCUT2D eigenvalue weighted by molar-refractivity contribution is 5.78. The molecule has 0 saturated carbocycles. The van der Waals surface area contributed by atoms with Crippen molar-refractivity contribution in [2.75, 3.05) is 19.7 Å². The Kier molecular flexibility index (Phi) is 3.80. The van der Waals surface area contributed by atoms with Crippen molar-refractivity contribution < 1.29 is 4.74 Å².